The third kappa shape index (κ3) is 2.80. The van der Waals surface area contributed by atoms with Gasteiger partial charge in [0.2, 0.25) is 9.05 Å². The van der Waals surface area contributed by atoms with Gasteiger partial charge in [0.15, 0.2) is 5.76 Å². The lowest BCUT2D eigenvalue weighted by Gasteiger charge is -1.89. The van der Waals surface area contributed by atoms with E-state index in [1.54, 1.807) is 0 Å². The molecule has 0 N–H and O–H groups in total. The molecule has 0 spiro atoms. The molecule has 0 atom stereocenters. The molecule has 0 saturated carbocycles. The van der Waals surface area contributed by atoms with Crippen molar-refractivity contribution in [1.82, 2.24) is 5.16 Å². The van der Waals surface area contributed by atoms with Gasteiger partial charge < -0.3 is 4.52 Å². The van der Waals surface area contributed by atoms with E-state index in [9.17, 15) is 8.42 Å². The lowest BCUT2D eigenvalue weighted by molar-refractivity contribution is 0.392. The van der Waals surface area contributed by atoms with Crippen LogP contribution in [-0.4, -0.2) is 13.6 Å². The number of nitrogens with zero attached hydrogens (tertiary/aromatic N) is 1. The maximum atomic E-state index is 10.5. The molecule has 0 aromatic carbocycles. The summed E-state index contributed by atoms with van der Waals surface area (Å²) in [5, 5.41) is 3.36. The van der Waals surface area contributed by atoms with Crippen LogP contribution in [0.25, 0.3) is 0 Å². The quantitative estimate of drug-likeness (QED) is 0.756. The van der Waals surface area contributed by atoms with Gasteiger partial charge in [-0.15, -0.1) is 0 Å². The summed E-state index contributed by atoms with van der Waals surface area (Å²) in [6.45, 7) is 0. The molecule has 1 aromatic rings. The SMILES string of the molecule is O=S(=O)(Cl)Cc1oncc1Br. The van der Waals surface area contributed by atoms with Gasteiger partial charge in [-0.1, -0.05) is 5.16 Å². The van der Waals surface area contributed by atoms with Gasteiger partial charge in [-0.05, 0) is 15.9 Å². The van der Waals surface area contributed by atoms with Gasteiger partial charge in [-0.25, -0.2) is 8.42 Å². The summed E-state index contributed by atoms with van der Waals surface area (Å²) >= 11 is 3.04. The zero-order valence-electron chi connectivity index (χ0n) is 5.12. The third-order valence-corrected chi connectivity index (χ3v) is 2.48. The Kier molecular flexibility index (Phi) is 2.56. The van der Waals surface area contributed by atoms with E-state index in [0.717, 1.165) is 0 Å². The molecule has 0 aliphatic carbocycles. The van der Waals surface area contributed by atoms with E-state index in [4.69, 9.17) is 10.7 Å². The summed E-state index contributed by atoms with van der Waals surface area (Å²) in [6, 6.07) is 0. The average Bonchev–Trinajstić information content (AvgIpc) is 2.12. The van der Waals surface area contributed by atoms with Crippen LogP contribution in [0, 0.1) is 0 Å². The molecule has 1 rings (SSSR count). The molecular weight excluding hydrogens is 257 g/mol. The topological polar surface area (TPSA) is 60.2 Å². The predicted molar refractivity (Wildman–Crippen MR) is 42.7 cm³/mol. The Morgan fingerprint density at radius 1 is 1.73 bits per heavy atom. The van der Waals surface area contributed by atoms with Crippen LogP contribution >= 0.6 is 26.6 Å². The summed E-state index contributed by atoms with van der Waals surface area (Å²) in [6.07, 6.45) is 1.36. The summed E-state index contributed by atoms with van der Waals surface area (Å²) in [4.78, 5) is 0. The zero-order valence-corrected chi connectivity index (χ0v) is 8.28. The molecule has 4 nitrogen and oxygen atoms in total. The molecule has 0 saturated heterocycles. The van der Waals surface area contributed by atoms with E-state index in [2.05, 4.69) is 25.6 Å². The zero-order chi connectivity index (χ0) is 8.48. The van der Waals surface area contributed by atoms with Crippen molar-refractivity contribution in [3.05, 3.63) is 16.4 Å². The highest BCUT2D eigenvalue weighted by Gasteiger charge is 2.13. The first-order valence-corrected chi connectivity index (χ1v) is 5.77. The fourth-order valence-corrected chi connectivity index (χ4v) is 1.80. The summed E-state index contributed by atoms with van der Waals surface area (Å²) < 4.78 is 26.1. The van der Waals surface area contributed by atoms with Crippen LogP contribution in [0.2, 0.25) is 0 Å². The van der Waals surface area contributed by atoms with Crippen molar-refractivity contribution in [2.75, 3.05) is 0 Å². The van der Waals surface area contributed by atoms with Crippen molar-refractivity contribution in [2.24, 2.45) is 0 Å². The van der Waals surface area contributed by atoms with Crippen molar-refractivity contribution in [1.29, 1.82) is 0 Å². The van der Waals surface area contributed by atoms with Gasteiger partial charge >= 0.3 is 0 Å². The number of rotatable bonds is 2. The first-order chi connectivity index (χ1) is 4.99. The van der Waals surface area contributed by atoms with Crippen LogP contribution in [0.3, 0.4) is 0 Å². The van der Waals surface area contributed by atoms with Crippen LogP contribution in [0.4, 0.5) is 0 Å². The van der Waals surface area contributed by atoms with E-state index in [1.807, 2.05) is 0 Å². The van der Waals surface area contributed by atoms with Gasteiger partial charge in [0.25, 0.3) is 0 Å². The molecule has 0 amide bonds. The summed E-state index contributed by atoms with van der Waals surface area (Å²) in [5.74, 6) is -0.144. The van der Waals surface area contributed by atoms with Crippen LogP contribution in [0.15, 0.2) is 15.2 Å². The lowest BCUT2D eigenvalue weighted by atomic mass is 10.5. The van der Waals surface area contributed by atoms with Crippen LogP contribution < -0.4 is 0 Å². The second-order valence-corrected chi connectivity index (χ2v) is 5.41. The minimum absolute atomic E-state index is 0.208. The number of hydrogen-bond acceptors (Lipinski definition) is 4. The van der Waals surface area contributed by atoms with E-state index < -0.39 is 9.05 Å². The van der Waals surface area contributed by atoms with Crippen LogP contribution in [0.1, 0.15) is 5.76 Å². The maximum Gasteiger partial charge on any atom is 0.240 e. The molecule has 11 heavy (non-hydrogen) atoms. The second kappa shape index (κ2) is 3.12. The highest BCUT2D eigenvalue weighted by molar-refractivity contribution is 9.10. The molecule has 62 valence electrons. The first kappa shape index (κ1) is 9.02. The minimum atomic E-state index is -3.56. The lowest BCUT2D eigenvalue weighted by Crippen LogP contribution is -1.93. The summed E-state index contributed by atoms with van der Waals surface area (Å²) in [5.41, 5.74) is 0. The molecule has 0 bridgehead atoms. The highest BCUT2D eigenvalue weighted by atomic mass is 79.9. The van der Waals surface area contributed by atoms with Crippen molar-refractivity contribution in [3.63, 3.8) is 0 Å². The van der Waals surface area contributed by atoms with Crippen LogP contribution in [-0.2, 0) is 14.8 Å². The number of halogens is 2. The molecule has 0 radical (unpaired) electrons. The minimum Gasteiger partial charge on any atom is -0.359 e. The van der Waals surface area contributed by atoms with Gasteiger partial charge in [0.1, 0.15) is 5.75 Å². The molecule has 0 fully saturated rings. The Bertz CT molecular complexity index is 346. The first-order valence-electron chi connectivity index (χ1n) is 2.50. The second-order valence-electron chi connectivity index (χ2n) is 1.78. The van der Waals surface area contributed by atoms with Crippen molar-refractivity contribution in [2.45, 2.75) is 5.75 Å². The van der Waals surface area contributed by atoms with Gasteiger partial charge in [0, 0.05) is 10.7 Å². The van der Waals surface area contributed by atoms with Gasteiger partial charge in [0.05, 0.1) is 10.7 Å². The van der Waals surface area contributed by atoms with Crippen molar-refractivity contribution < 1.29 is 12.9 Å². The Labute approximate surface area is 76.1 Å². The monoisotopic (exact) mass is 259 g/mol. The van der Waals surface area contributed by atoms with Crippen molar-refractivity contribution >= 4 is 35.7 Å². The Balaban J connectivity index is 2.89. The standard InChI is InChI=1S/C4H3BrClNO3S/c5-3-1-7-10-4(3)2-11(6,8)9/h1H,2H2. The average molecular weight is 260 g/mol. The normalized spacial score (nSPS) is 11.8. The molecule has 0 aliphatic rings. The maximum absolute atomic E-state index is 10.5. The molecule has 0 unspecified atom stereocenters. The molecule has 1 aromatic heterocycles. The third-order valence-electron chi connectivity index (χ3n) is 0.899. The summed E-state index contributed by atoms with van der Waals surface area (Å²) in [7, 11) is 1.40. The van der Waals surface area contributed by atoms with E-state index in [1.165, 1.54) is 6.20 Å². The highest BCUT2D eigenvalue weighted by Crippen LogP contribution is 2.19. The fourth-order valence-electron chi connectivity index (χ4n) is 0.504. The van der Waals surface area contributed by atoms with E-state index >= 15 is 0 Å². The largest absolute Gasteiger partial charge is 0.359 e. The Morgan fingerprint density at radius 2 is 2.36 bits per heavy atom. The number of hydrogen-bond donors (Lipinski definition) is 0. The fraction of sp³-hybridized carbons (Fsp3) is 0.250. The molecule has 7 heteroatoms. The van der Waals surface area contributed by atoms with E-state index in [0.29, 0.717) is 4.47 Å². The molecule has 1 heterocycles. The van der Waals surface area contributed by atoms with Crippen molar-refractivity contribution in [3.8, 4) is 0 Å². The predicted octanol–water partition coefficient (Wildman–Crippen LogP) is 1.51. The Morgan fingerprint density at radius 3 is 2.73 bits per heavy atom. The molecular formula is C4H3BrClNO3S. The van der Waals surface area contributed by atoms with Crippen LogP contribution in [0.5, 0.6) is 0 Å². The Hall–Kier alpha value is -0.0700. The van der Waals surface area contributed by atoms with Gasteiger partial charge in [-0.3, -0.25) is 0 Å². The van der Waals surface area contributed by atoms with E-state index in [-0.39, 0.29) is 11.5 Å². The number of aromatic nitrogens is 1. The smallest absolute Gasteiger partial charge is 0.240 e. The van der Waals surface area contributed by atoms with Gasteiger partial charge in [-0.2, -0.15) is 0 Å². The molecule has 0 aliphatic heterocycles.